The summed E-state index contributed by atoms with van der Waals surface area (Å²) in [6.07, 6.45) is 0. The number of carbonyl (C=O) groups is 2. The van der Waals surface area contributed by atoms with Gasteiger partial charge >= 0.3 is 0 Å². The van der Waals surface area contributed by atoms with Gasteiger partial charge in [-0.3, -0.25) is 14.5 Å². The molecule has 4 aromatic carbocycles. The van der Waals surface area contributed by atoms with E-state index in [1.165, 1.54) is 11.1 Å². The van der Waals surface area contributed by atoms with Gasteiger partial charge in [-0.25, -0.2) is 0 Å². The van der Waals surface area contributed by atoms with Crippen molar-refractivity contribution < 1.29 is 14.3 Å². The van der Waals surface area contributed by atoms with Crippen LogP contribution in [0.3, 0.4) is 0 Å². The maximum atomic E-state index is 13.7. The second-order valence-electron chi connectivity index (χ2n) is 12.5. The Balaban J connectivity index is 1.17. The lowest BCUT2D eigenvalue weighted by Crippen LogP contribution is -2.49. The summed E-state index contributed by atoms with van der Waals surface area (Å²) in [5.41, 5.74) is 5.95. The van der Waals surface area contributed by atoms with Crippen LogP contribution in [0.5, 0.6) is 5.75 Å². The van der Waals surface area contributed by atoms with Crippen molar-refractivity contribution in [1.29, 1.82) is 0 Å². The SMILES string of the molecule is CC(C)(C)c1ccc2c(c1)N(Cc1cccc(C(=O)N3CCN(C(c4ccccc4)c4ccccc4)CC3)c1)C(=O)CO2. The summed E-state index contributed by atoms with van der Waals surface area (Å²) in [6.45, 7) is 9.75. The molecule has 1 saturated heterocycles. The van der Waals surface area contributed by atoms with Gasteiger partial charge in [0.2, 0.25) is 0 Å². The molecule has 0 bridgehead atoms. The Morgan fingerprint density at radius 1 is 0.791 bits per heavy atom. The van der Waals surface area contributed by atoms with Crippen molar-refractivity contribution in [3.8, 4) is 5.75 Å². The van der Waals surface area contributed by atoms with E-state index in [1.54, 1.807) is 4.90 Å². The van der Waals surface area contributed by atoms with Crippen LogP contribution in [0.25, 0.3) is 0 Å². The lowest BCUT2D eigenvalue weighted by Gasteiger charge is -2.40. The quantitative estimate of drug-likeness (QED) is 0.266. The molecule has 43 heavy (non-hydrogen) atoms. The highest BCUT2D eigenvalue weighted by molar-refractivity contribution is 5.98. The molecule has 0 radical (unpaired) electrons. The molecule has 2 aliphatic rings. The molecule has 4 aromatic rings. The summed E-state index contributed by atoms with van der Waals surface area (Å²) in [5, 5.41) is 0. The van der Waals surface area contributed by atoms with Gasteiger partial charge < -0.3 is 14.5 Å². The highest BCUT2D eigenvalue weighted by Gasteiger charge is 2.30. The predicted molar refractivity (Wildman–Crippen MR) is 170 cm³/mol. The molecule has 2 heterocycles. The molecule has 0 N–H and O–H groups in total. The minimum absolute atomic E-state index is 0.0116. The van der Waals surface area contributed by atoms with Crippen LogP contribution in [-0.2, 0) is 16.8 Å². The number of benzene rings is 4. The highest BCUT2D eigenvalue weighted by atomic mass is 16.5. The maximum absolute atomic E-state index is 13.7. The van der Waals surface area contributed by atoms with Gasteiger partial charge in [0, 0.05) is 31.7 Å². The van der Waals surface area contributed by atoms with Gasteiger partial charge in [0.1, 0.15) is 5.75 Å². The summed E-state index contributed by atoms with van der Waals surface area (Å²) in [7, 11) is 0. The Morgan fingerprint density at radius 3 is 2.07 bits per heavy atom. The minimum atomic E-state index is -0.0854. The fourth-order valence-electron chi connectivity index (χ4n) is 6.08. The first-order valence-corrected chi connectivity index (χ1v) is 15.1. The molecule has 0 aliphatic carbocycles. The smallest absolute Gasteiger partial charge is 0.265 e. The summed E-state index contributed by atoms with van der Waals surface area (Å²) in [5.74, 6) is 0.654. The van der Waals surface area contributed by atoms with E-state index < -0.39 is 0 Å². The monoisotopic (exact) mass is 573 g/mol. The molecule has 0 spiro atoms. The lowest BCUT2D eigenvalue weighted by atomic mass is 9.86. The molecule has 0 saturated carbocycles. The van der Waals surface area contributed by atoms with Crippen molar-refractivity contribution in [1.82, 2.24) is 9.80 Å². The molecule has 6 heteroatoms. The largest absolute Gasteiger partial charge is 0.482 e. The molecule has 0 atom stereocenters. The van der Waals surface area contributed by atoms with Crippen molar-refractivity contribution >= 4 is 17.5 Å². The maximum Gasteiger partial charge on any atom is 0.265 e. The van der Waals surface area contributed by atoms with E-state index in [2.05, 4.69) is 86.3 Å². The number of amides is 2. The third kappa shape index (κ3) is 6.20. The van der Waals surface area contributed by atoms with E-state index in [9.17, 15) is 9.59 Å². The third-order valence-corrected chi connectivity index (χ3v) is 8.48. The van der Waals surface area contributed by atoms with Crippen LogP contribution >= 0.6 is 0 Å². The molecule has 6 rings (SSSR count). The van der Waals surface area contributed by atoms with Gasteiger partial charge in [-0.1, -0.05) is 99.6 Å². The first kappa shape index (κ1) is 28.7. The molecule has 0 unspecified atom stereocenters. The first-order valence-electron chi connectivity index (χ1n) is 15.1. The average molecular weight is 574 g/mol. The predicted octanol–water partition coefficient (Wildman–Crippen LogP) is 6.46. The van der Waals surface area contributed by atoms with Crippen molar-refractivity contribution in [3.05, 3.63) is 131 Å². The number of hydrogen-bond donors (Lipinski definition) is 0. The zero-order chi connectivity index (χ0) is 30.0. The molecule has 220 valence electrons. The molecule has 6 nitrogen and oxygen atoms in total. The number of fused-ring (bicyclic) bond motifs is 1. The van der Waals surface area contributed by atoms with E-state index in [0.29, 0.717) is 30.9 Å². The number of carbonyl (C=O) groups excluding carboxylic acids is 2. The Kier molecular flexibility index (Phi) is 8.04. The Morgan fingerprint density at radius 2 is 1.44 bits per heavy atom. The van der Waals surface area contributed by atoms with E-state index in [0.717, 1.165) is 29.9 Å². The molecule has 2 aliphatic heterocycles. The lowest BCUT2D eigenvalue weighted by molar-refractivity contribution is -0.121. The summed E-state index contributed by atoms with van der Waals surface area (Å²) >= 11 is 0. The van der Waals surface area contributed by atoms with Gasteiger partial charge in [0.05, 0.1) is 18.3 Å². The normalized spacial score (nSPS) is 15.8. The van der Waals surface area contributed by atoms with Gasteiger partial charge in [-0.15, -0.1) is 0 Å². The van der Waals surface area contributed by atoms with Gasteiger partial charge in [0.25, 0.3) is 11.8 Å². The van der Waals surface area contributed by atoms with Crippen LogP contribution in [0.4, 0.5) is 5.69 Å². The highest BCUT2D eigenvalue weighted by Crippen LogP contribution is 2.37. The molecule has 1 fully saturated rings. The fraction of sp³-hybridized carbons (Fsp3) is 0.297. The van der Waals surface area contributed by atoms with Crippen molar-refractivity contribution in [2.75, 3.05) is 37.7 Å². The zero-order valence-corrected chi connectivity index (χ0v) is 25.2. The average Bonchev–Trinajstić information content (AvgIpc) is 3.03. The molecular formula is C37H39N3O3. The van der Waals surface area contributed by atoms with Gasteiger partial charge in [0.15, 0.2) is 6.61 Å². The van der Waals surface area contributed by atoms with Crippen LogP contribution < -0.4 is 9.64 Å². The Bertz CT molecular complexity index is 1550. The fourth-order valence-corrected chi connectivity index (χ4v) is 6.08. The van der Waals surface area contributed by atoms with Gasteiger partial charge in [-0.2, -0.15) is 0 Å². The summed E-state index contributed by atoms with van der Waals surface area (Å²) in [6, 6.07) is 35.1. The number of ether oxygens (including phenoxy) is 1. The van der Waals surface area contributed by atoms with Crippen molar-refractivity contribution in [2.24, 2.45) is 0 Å². The molecule has 2 amide bonds. The van der Waals surface area contributed by atoms with Gasteiger partial charge in [-0.05, 0) is 51.9 Å². The third-order valence-electron chi connectivity index (χ3n) is 8.48. The zero-order valence-electron chi connectivity index (χ0n) is 25.2. The Hall–Kier alpha value is -4.42. The van der Waals surface area contributed by atoms with Crippen LogP contribution in [0.1, 0.15) is 59.4 Å². The van der Waals surface area contributed by atoms with Crippen molar-refractivity contribution in [2.45, 2.75) is 38.8 Å². The molecule has 0 aromatic heterocycles. The summed E-state index contributed by atoms with van der Waals surface area (Å²) in [4.78, 5) is 32.9. The van der Waals surface area contributed by atoms with Crippen LogP contribution in [0.15, 0.2) is 103 Å². The van der Waals surface area contributed by atoms with Crippen LogP contribution in [-0.4, -0.2) is 54.4 Å². The van der Waals surface area contributed by atoms with Crippen LogP contribution in [0, 0.1) is 0 Å². The van der Waals surface area contributed by atoms with E-state index in [4.69, 9.17) is 4.74 Å². The summed E-state index contributed by atoms with van der Waals surface area (Å²) < 4.78 is 5.74. The van der Waals surface area contributed by atoms with Crippen molar-refractivity contribution in [3.63, 3.8) is 0 Å². The minimum Gasteiger partial charge on any atom is -0.482 e. The number of rotatable bonds is 6. The van der Waals surface area contributed by atoms with E-state index in [-0.39, 0.29) is 29.9 Å². The Labute approximate surface area is 254 Å². The van der Waals surface area contributed by atoms with Crippen LogP contribution in [0.2, 0.25) is 0 Å². The standard InChI is InChI=1S/C37H39N3O3/c1-37(2,3)31-17-18-33-32(24-31)40(34(41)26-43-33)25-27-11-10-16-30(23-27)36(42)39-21-19-38(20-22-39)35(28-12-6-4-7-13-28)29-14-8-5-9-15-29/h4-18,23-24,35H,19-22,25-26H2,1-3H3. The number of piperazine rings is 1. The second-order valence-corrected chi connectivity index (χ2v) is 12.5. The van der Waals surface area contributed by atoms with E-state index in [1.807, 2.05) is 47.4 Å². The number of nitrogens with zero attached hydrogens (tertiary/aromatic N) is 3. The second kappa shape index (κ2) is 12.1. The number of hydrogen-bond acceptors (Lipinski definition) is 4. The topological polar surface area (TPSA) is 53.1 Å². The number of anilines is 1. The first-order chi connectivity index (χ1) is 20.8. The molecular weight excluding hydrogens is 534 g/mol. The van der Waals surface area contributed by atoms with E-state index >= 15 is 0 Å².